The molecule has 0 bridgehead atoms. The smallest absolute Gasteiger partial charge is 0.259 e. The Kier molecular flexibility index (Phi) is 2.28. The maximum Gasteiger partial charge on any atom is 0.259 e. The number of anilines is 1. The number of benzene rings is 1. The highest BCUT2D eigenvalue weighted by Crippen LogP contribution is 2.52. The number of thioether (sulfide) groups is 1. The first-order valence-corrected chi connectivity index (χ1v) is 6.69. The Morgan fingerprint density at radius 2 is 2.18 bits per heavy atom. The van der Waals surface area contributed by atoms with Crippen molar-refractivity contribution in [2.24, 2.45) is 0 Å². The molecule has 1 fully saturated rings. The summed E-state index contributed by atoms with van der Waals surface area (Å²) < 4.78 is 0.0429. The van der Waals surface area contributed by atoms with Crippen LogP contribution in [-0.2, 0) is 9.67 Å². The van der Waals surface area contributed by atoms with E-state index in [9.17, 15) is 4.79 Å². The molecule has 1 aromatic carbocycles. The number of hydrogen-bond acceptors (Lipinski definition) is 3. The predicted molar refractivity (Wildman–Crippen MR) is 71.4 cm³/mol. The Morgan fingerprint density at radius 3 is 2.82 bits per heavy atom. The van der Waals surface area contributed by atoms with Crippen LogP contribution in [-0.4, -0.2) is 17.2 Å². The standard InChI is InChI=1S/C12H13ClN2OS/c1-11(2)6-14-12(17-11)8-5-7(13)3-4-9(8)15-10(12)16/h3-5,14H,6H2,1-2H3,(H,15,16). The Labute approximate surface area is 109 Å². The molecule has 2 heterocycles. The zero-order valence-corrected chi connectivity index (χ0v) is 11.2. The monoisotopic (exact) mass is 268 g/mol. The first-order valence-electron chi connectivity index (χ1n) is 5.50. The molecule has 1 aromatic rings. The highest BCUT2D eigenvalue weighted by molar-refractivity contribution is 8.02. The molecule has 0 aliphatic carbocycles. The van der Waals surface area contributed by atoms with Gasteiger partial charge in [-0.05, 0) is 32.0 Å². The van der Waals surface area contributed by atoms with Gasteiger partial charge in [-0.25, -0.2) is 0 Å². The minimum absolute atomic E-state index is 0.00495. The Bertz CT molecular complexity index is 517. The molecule has 1 spiro atoms. The summed E-state index contributed by atoms with van der Waals surface area (Å²) in [5.74, 6) is 0.00495. The van der Waals surface area contributed by atoms with Crippen molar-refractivity contribution < 1.29 is 4.79 Å². The summed E-state index contributed by atoms with van der Waals surface area (Å²) >= 11 is 7.68. The van der Waals surface area contributed by atoms with Crippen LogP contribution in [0.1, 0.15) is 19.4 Å². The Balaban J connectivity index is 2.14. The van der Waals surface area contributed by atoms with Gasteiger partial charge in [0.1, 0.15) is 0 Å². The highest BCUT2D eigenvalue weighted by atomic mass is 35.5. The van der Waals surface area contributed by atoms with Crippen LogP contribution in [0.3, 0.4) is 0 Å². The topological polar surface area (TPSA) is 41.1 Å². The quantitative estimate of drug-likeness (QED) is 0.760. The fourth-order valence-corrected chi connectivity index (χ4v) is 4.06. The van der Waals surface area contributed by atoms with Gasteiger partial charge in [0.25, 0.3) is 5.91 Å². The van der Waals surface area contributed by atoms with E-state index in [1.807, 2.05) is 12.1 Å². The van der Waals surface area contributed by atoms with Gasteiger partial charge < -0.3 is 5.32 Å². The van der Waals surface area contributed by atoms with Crippen molar-refractivity contribution in [1.29, 1.82) is 0 Å². The average molecular weight is 269 g/mol. The largest absolute Gasteiger partial charge is 0.323 e. The fourth-order valence-electron chi connectivity index (χ4n) is 2.35. The van der Waals surface area contributed by atoms with Gasteiger partial charge in [0.15, 0.2) is 4.87 Å². The summed E-state index contributed by atoms with van der Waals surface area (Å²) in [6.45, 7) is 5.07. The van der Waals surface area contributed by atoms with Gasteiger partial charge in [-0.1, -0.05) is 11.6 Å². The van der Waals surface area contributed by atoms with E-state index in [1.165, 1.54) is 0 Å². The van der Waals surface area contributed by atoms with Crippen molar-refractivity contribution in [2.75, 3.05) is 11.9 Å². The maximum atomic E-state index is 12.2. The molecule has 2 N–H and O–H groups in total. The Morgan fingerprint density at radius 1 is 1.41 bits per heavy atom. The van der Waals surface area contributed by atoms with Crippen molar-refractivity contribution in [1.82, 2.24) is 5.32 Å². The first-order chi connectivity index (χ1) is 7.93. The van der Waals surface area contributed by atoms with E-state index in [4.69, 9.17) is 11.6 Å². The molecule has 90 valence electrons. The van der Waals surface area contributed by atoms with Crippen molar-refractivity contribution in [3.63, 3.8) is 0 Å². The van der Waals surface area contributed by atoms with Gasteiger partial charge >= 0.3 is 0 Å². The lowest BCUT2D eigenvalue weighted by Crippen LogP contribution is -2.40. The van der Waals surface area contributed by atoms with Gasteiger partial charge in [-0.3, -0.25) is 10.1 Å². The Hall–Kier alpha value is -0.710. The van der Waals surface area contributed by atoms with Crippen LogP contribution in [0.15, 0.2) is 18.2 Å². The second-order valence-electron chi connectivity index (χ2n) is 5.04. The molecule has 1 atom stereocenters. The summed E-state index contributed by atoms with van der Waals surface area (Å²) in [5, 5.41) is 6.92. The fraction of sp³-hybridized carbons (Fsp3) is 0.417. The molecule has 0 radical (unpaired) electrons. The third-order valence-electron chi connectivity index (χ3n) is 3.12. The predicted octanol–water partition coefficient (Wildman–Crippen LogP) is 2.56. The lowest BCUT2D eigenvalue weighted by Gasteiger charge is -2.23. The molecule has 0 saturated carbocycles. The summed E-state index contributed by atoms with van der Waals surface area (Å²) in [6.07, 6.45) is 0. The van der Waals surface area contributed by atoms with Crippen LogP contribution in [0.4, 0.5) is 5.69 Å². The number of fused-ring (bicyclic) bond motifs is 2. The van der Waals surface area contributed by atoms with Crippen molar-refractivity contribution >= 4 is 35.0 Å². The van der Waals surface area contributed by atoms with Crippen LogP contribution in [0.5, 0.6) is 0 Å². The van der Waals surface area contributed by atoms with Crippen molar-refractivity contribution in [3.8, 4) is 0 Å². The lowest BCUT2D eigenvalue weighted by atomic mass is 10.1. The van der Waals surface area contributed by atoms with Gasteiger partial charge in [0, 0.05) is 27.6 Å². The molecule has 0 aromatic heterocycles. The van der Waals surface area contributed by atoms with Crippen LogP contribution in [0, 0.1) is 0 Å². The van der Waals surface area contributed by atoms with Crippen LogP contribution < -0.4 is 10.6 Å². The minimum atomic E-state index is -0.663. The molecule has 3 nitrogen and oxygen atoms in total. The zero-order chi connectivity index (χ0) is 12.3. The number of halogens is 1. The van der Waals surface area contributed by atoms with Gasteiger partial charge in [0.2, 0.25) is 0 Å². The number of hydrogen-bond donors (Lipinski definition) is 2. The summed E-state index contributed by atoms with van der Waals surface area (Å²) in [5.41, 5.74) is 1.81. The molecule has 17 heavy (non-hydrogen) atoms. The molecule has 1 saturated heterocycles. The van der Waals surface area contributed by atoms with E-state index in [0.29, 0.717) is 5.02 Å². The van der Waals surface area contributed by atoms with Crippen LogP contribution >= 0.6 is 23.4 Å². The second kappa shape index (κ2) is 3.40. The summed E-state index contributed by atoms with van der Waals surface area (Å²) in [7, 11) is 0. The number of carbonyl (C=O) groups excluding carboxylic acids is 1. The number of rotatable bonds is 0. The SMILES string of the molecule is CC1(C)CNC2(S1)C(=O)Nc1ccc(Cl)cc12. The van der Waals surface area contributed by atoms with Gasteiger partial charge in [-0.2, -0.15) is 0 Å². The lowest BCUT2D eigenvalue weighted by molar-refractivity contribution is -0.118. The molecule has 3 rings (SSSR count). The van der Waals surface area contributed by atoms with Crippen LogP contribution in [0.2, 0.25) is 5.02 Å². The number of carbonyl (C=O) groups is 1. The van der Waals surface area contributed by atoms with E-state index in [1.54, 1.807) is 17.8 Å². The molecular weight excluding hydrogens is 256 g/mol. The van der Waals surface area contributed by atoms with Gasteiger partial charge in [-0.15, -0.1) is 11.8 Å². The molecular formula is C12H13ClN2OS. The minimum Gasteiger partial charge on any atom is -0.323 e. The summed E-state index contributed by atoms with van der Waals surface area (Å²) in [6, 6.07) is 5.53. The zero-order valence-electron chi connectivity index (χ0n) is 9.63. The maximum absolute atomic E-state index is 12.2. The number of nitrogens with one attached hydrogen (secondary N) is 2. The molecule has 5 heteroatoms. The molecule has 1 unspecified atom stereocenters. The average Bonchev–Trinajstić information content (AvgIpc) is 2.70. The third-order valence-corrected chi connectivity index (χ3v) is 4.91. The van der Waals surface area contributed by atoms with Crippen molar-refractivity contribution in [3.05, 3.63) is 28.8 Å². The normalized spacial score (nSPS) is 29.5. The van der Waals surface area contributed by atoms with E-state index in [2.05, 4.69) is 24.5 Å². The molecule has 2 aliphatic heterocycles. The highest BCUT2D eigenvalue weighted by Gasteiger charge is 2.54. The second-order valence-corrected chi connectivity index (χ2v) is 7.40. The molecule has 1 amide bonds. The molecule has 2 aliphatic rings. The first kappa shape index (κ1) is 11.4. The van der Waals surface area contributed by atoms with Crippen molar-refractivity contribution in [2.45, 2.75) is 23.5 Å². The van der Waals surface area contributed by atoms with E-state index in [-0.39, 0.29) is 10.7 Å². The third kappa shape index (κ3) is 1.58. The van der Waals surface area contributed by atoms with Gasteiger partial charge in [0.05, 0.1) is 0 Å². The number of amides is 1. The van der Waals surface area contributed by atoms with E-state index >= 15 is 0 Å². The van der Waals surface area contributed by atoms with E-state index < -0.39 is 4.87 Å². The van der Waals surface area contributed by atoms with Crippen LogP contribution in [0.25, 0.3) is 0 Å². The van der Waals surface area contributed by atoms with E-state index in [0.717, 1.165) is 17.8 Å². The summed E-state index contributed by atoms with van der Waals surface area (Å²) in [4.78, 5) is 11.6.